The Bertz CT molecular complexity index is 607. The zero-order chi connectivity index (χ0) is 14.7. The molecule has 0 bridgehead atoms. The van der Waals surface area contributed by atoms with Crippen LogP contribution in [0.5, 0.6) is 0 Å². The molecule has 110 valence electrons. The lowest BCUT2D eigenvalue weighted by atomic mass is 9.88. The quantitative estimate of drug-likeness (QED) is 0.671. The summed E-state index contributed by atoms with van der Waals surface area (Å²) in [5.41, 5.74) is 2.94. The second-order valence-electron chi connectivity index (χ2n) is 5.23. The fourth-order valence-corrected chi connectivity index (χ4v) is 3.13. The molecule has 1 atom stereocenters. The molecule has 1 heterocycles. The first-order chi connectivity index (χ1) is 10.3. The van der Waals surface area contributed by atoms with Crippen LogP contribution in [-0.4, -0.2) is 29.3 Å². The molecule has 21 heavy (non-hydrogen) atoms. The van der Waals surface area contributed by atoms with Crippen LogP contribution in [0.25, 0.3) is 0 Å². The highest BCUT2D eigenvalue weighted by molar-refractivity contribution is 7.98. The Hall–Kier alpha value is -1.75. The number of nitrogens with zero attached hydrogens (tertiary/aromatic N) is 2. The Morgan fingerprint density at radius 2 is 1.90 bits per heavy atom. The molecule has 2 aromatic rings. The van der Waals surface area contributed by atoms with Gasteiger partial charge in [0.05, 0.1) is 0 Å². The van der Waals surface area contributed by atoms with Crippen LogP contribution in [0.1, 0.15) is 17.5 Å². The van der Waals surface area contributed by atoms with E-state index in [9.17, 15) is 0 Å². The van der Waals surface area contributed by atoms with Gasteiger partial charge in [-0.3, -0.25) is 0 Å². The zero-order valence-electron chi connectivity index (χ0n) is 12.4. The summed E-state index contributed by atoms with van der Waals surface area (Å²) in [6.45, 7) is 0. The maximum absolute atomic E-state index is 4.55. The van der Waals surface area contributed by atoms with Crippen molar-refractivity contribution in [3.8, 4) is 0 Å². The Kier molecular flexibility index (Phi) is 4.29. The largest absolute Gasteiger partial charge is 0.373 e. The van der Waals surface area contributed by atoms with Gasteiger partial charge in [-0.25, -0.2) is 9.97 Å². The van der Waals surface area contributed by atoms with Gasteiger partial charge in [-0.05, 0) is 36.6 Å². The molecule has 4 nitrogen and oxygen atoms in total. The molecule has 1 unspecified atom stereocenters. The second-order valence-corrected chi connectivity index (χ2v) is 6.00. The molecule has 0 amide bonds. The highest BCUT2D eigenvalue weighted by atomic mass is 32.2. The first-order valence-electron chi connectivity index (χ1n) is 7.22. The lowest BCUT2D eigenvalue weighted by molar-refractivity contribution is 0.607. The van der Waals surface area contributed by atoms with Crippen molar-refractivity contribution in [1.82, 2.24) is 9.97 Å². The molecule has 5 heteroatoms. The van der Waals surface area contributed by atoms with Gasteiger partial charge in [0.25, 0.3) is 0 Å². The second kappa shape index (κ2) is 6.35. The Labute approximate surface area is 129 Å². The van der Waals surface area contributed by atoms with Crippen LogP contribution in [0.15, 0.2) is 35.5 Å². The van der Waals surface area contributed by atoms with Gasteiger partial charge in [0.2, 0.25) is 0 Å². The number of aromatic nitrogens is 2. The van der Waals surface area contributed by atoms with Crippen molar-refractivity contribution in [3.63, 3.8) is 0 Å². The molecule has 0 fully saturated rings. The van der Waals surface area contributed by atoms with E-state index in [1.807, 2.05) is 19.4 Å². The number of fused-ring (bicyclic) bond motifs is 1. The number of nitrogens with one attached hydrogen (secondary N) is 2. The normalized spacial score (nSPS) is 17.1. The minimum atomic E-state index is 0.439. The van der Waals surface area contributed by atoms with E-state index in [4.69, 9.17) is 0 Å². The van der Waals surface area contributed by atoms with Crippen molar-refractivity contribution in [1.29, 1.82) is 0 Å². The van der Waals surface area contributed by atoms with Gasteiger partial charge in [-0.15, -0.1) is 0 Å². The smallest absolute Gasteiger partial charge is 0.191 e. The Morgan fingerprint density at radius 3 is 2.67 bits per heavy atom. The van der Waals surface area contributed by atoms with E-state index in [1.54, 1.807) is 11.8 Å². The molecule has 0 aliphatic heterocycles. The first kappa shape index (κ1) is 14.2. The van der Waals surface area contributed by atoms with E-state index in [-0.39, 0.29) is 0 Å². The number of rotatable bonds is 4. The summed E-state index contributed by atoms with van der Waals surface area (Å²) in [6, 6.07) is 11.1. The standard InChI is InChI=1S/C16H20N4S/c1-17-14-10-15(20-16(19-14)21-2)18-13-8-7-11-5-3-4-6-12(11)9-13/h3-6,10,13H,7-9H2,1-2H3,(H2,17,18,19,20). The van der Waals surface area contributed by atoms with Gasteiger partial charge in [0, 0.05) is 19.2 Å². The van der Waals surface area contributed by atoms with Gasteiger partial charge in [0.15, 0.2) is 5.16 Å². The third kappa shape index (κ3) is 3.29. The van der Waals surface area contributed by atoms with E-state index >= 15 is 0 Å². The van der Waals surface area contributed by atoms with Crippen LogP contribution in [0.2, 0.25) is 0 Å². The number of thioether (sulfide) groups is 1. The molecular weight excluding hydrogens is 280 g/mol. The van der Waals surface area contributed by atoms with Crippen molar-refractivity contribution >= 4 is 23.4 Å². The van der Waals surface area contributed by atoms with E-state index in [0.29, 0.717) is 6.04 Å². The van der Waals surface area contributed by atoms with Gasteiger partial charge in [-0.1, -0.05) is 36.0 Å². The van der Waals surface area contributed by atoms with Crippen molar-refractivity contribution in [2.24, 2.45) is 0 Å². The summed E-state index contributed by atoms with van der Waals surface area (Å²) >= 11 is 1.56. The number of anilines is 2. The molecule has 0 saturated carbocycles. The van der Waals surface area contributed by atoms with E-state index in [2.05, 4.69) is 44.9 Å². The lowest BCUT2D eigenvalue weighted by Gasteiger charge is -2.26. The summed E-state index contributed by atoms with van der Waals surface area (Å²) in [5, 5.41) is 7.45. The summed E-state index contributed by atoms with van der Waals surface area (Å²) in [5.74, 6) is 1.76. The highest BCUT2D eigenvalue weighted by Crippen LogP contribution is 2.24. The molecule has 1 aromatic carbocycles. The molecule has 3 rings (SSSR count). The molecule has 0 saturated heterocycles. The molecule has 1 aliphatic carbocycles. The van der Waals surface area contributed by atoms with Crippen molar-refractivity contribution < 1.29 is 0 Å². The minimum absolute atomic E-state index is 0.439. The van der Waals surface area contributed by atoms with Crippen LogP contribution in [-0.2, 0) is 12.8 Å². The van der Waals surface area contributed by atoms with Crippen molar-refractivity contribution in [2.45, 2.75) is 30.5 Å². The van der Waals surface area contributed by atoms with Crippen molar-refractivity contribution in [2.75, 3.05) is 23.9 Å². The van der Waals surface area contributed by atoms with Crippen LogP contribution >= 0.6 is 11.8 Å². The molecule has 1 aromatic heterocycles. The summed E-state index contributed by atoms with van der Waals surface area (Å²) in [4.78, 5) is 8.95. The van der Waals surface area contributed by atoms with Gasteiger partial charge in [0.1, 0.15) is 11.6 Å². The summed E-state index contributed by atoms with van der Waals surface area (Å²) in [7, 11) is 1.88. The highest BCUT2D eigenvalue weighted by Gasteiger charge is 2.18. The van der Waals surface area contributed by atoms with Gasteiger partial charge < -0.3 is 10.6 Å². The van der Waals surface area contributed by atoms with E-state index in [0.717, 1.165) is 36.1 Å². The average Bonchev–Trinajstić information content (AvgIpc) is 2.54. The predicted octanol–water partition coefficient (Wildman–Crippen LogP) is 3.21. The van der Waals surface area contributed by atoms with Gasteiger partial charge >= 0.3 is 0 Å². The fraction of sp³-hybridized carbons (Fsp3) is 0.375. The molecule has 1 aliphatic rings. The maximum Gasteiger partial charge on any atom is 0.191 e. The zero-order valence-corrected chi connectivity index (χ0v) is 13.2. The molecule has 0 spiro atoms. The number of hydrogen-bond donors (Lipinski definition) is 2. The summed E-state index contributed by atoms with van der Waals surface area (Å²) < 4.78 is 0. The van der Waals surface area contributed by atoms with E-state index in [1.165, 1.54) is 11.1 Å². The maximum atomic E-state index is 4.55. The Morgan fingerprint density at radius 1 is 1.14 bits per heavy atom. The van der Waals surface area contributed by atoms with Crippen LogP contribution in [0, 0.1) is 0 Å². The third-order valence-electron chi connectivity index (χ3n) is 3.84. The SMILES string of the molecule is CNc1cc(NC2CCc3ccccc3C2)nc(SC)n1. The van der Waals surface area contributed by atoms with Crippen LogP contribution in [0.4, 0.5) is 11.6 Å². The van der Waals surface area contributed by atoms with E-state index < -0.39 is 0 Å². The molecule has 0 radical (unpaired) electrons. The molecular formula is C16H20N4S. The minimum Gasteiger partial charge on any atom is -0.373 e. The molecule has 2 N–H and O–H groups in total. The topological polar surface area (TPSA) is 49.8 Å². The third-order valence-corrected chi connectivity index (χ3v) is 4.39. The lowest BCUT2D eigenvalue weighted by Crippen LogP contribution is -2.27. The number of hydrogen-bond acceptors (Lipinski definition) is 5. The Balaban J connectivity index is 1.76. The summed E-state index contributed by atoms with van der Waals surface area (Å²) in [6.07, 6.45) is 5.33. The average molecular weight is 300 g/mol. The van der Waals surface area contributed by atoms with Gasteiger partial charge in [-0.2, -0.15) is 0 Å². The first-order valence-corrected chi connectivity index (χ1v) is 8.45. The van der Waals surface area contributed by atoms with Crippen molar-refractivity contribution in [3.05, 3.63) is 41.5 Å². The van der Waals surface area contributed by atoms with Crippen LogP contribution in [0.3, 0.4) is 0 Å². The van der Waals surface area contributed by atoms with Crippen LogP contribution < -0.4 is 10.6 Å². The number of benzene rings is 1. The fourth-order valence-electron chi connectivity index (χ4n) is 2.75. The predicted molar refractivity (Wildman–Crippen MR) is 89.2 cm³/mol. The monoisotopic (exact) mass is 300 g/mol. The number of aryl methyl sites for hydroxylation is 1.